The third-order valence-corrected chi connectivity index (χ3v) is 3.51. The fourth-order valence-corrected chi connectivity index (χ4v) is 2.22. The minimum absolute atomic E-state index is 0.429. The van der Waals surface area contributed by atoms with Gasteiger partial charge in [0.2, 0.25) is 0 Å². The van der Waals surface area contributed by atoms with Crippen molar-refractivity contribution >= 4 is 0 Å². The number of ether oxygens (including phenoxy) is 1. The van der Waals surface area contributed by atoms with Crippen molar-refractivity contribution in [3.05, 3.63) is 29.3 Å². The number of hydrogen-bond donors (Lipinski definition) is 1. The molecule has 0 radical (unpaired) electrons. The molecule has 0 aliphatic rings. The number of aryl methyl sites for hydroxylation is 1. The van der Waals surface area contributed by atoms with E-state index >= 15 is 0 Å². The summed E-state index contributed by atoms with van der Waals surface area (Å²) < 4.78 is 5.24. The SMILES string of the molecule is CCCCN(CC)CC(O)c1ccc(OC)c(C)c1. The summed E-state index contributed by atoms with van der Waals surface area (Å²) in [7, 11) is 1.67. The minimum atomic E-state index is -0.429. The number of aliphatic hydroxyl groups is 1. The zero-order chi connectivity index (χ0) is 14.3. The quantitative estimate of drug-likeness (QED) is 0.783. The lowest BCUT2D eigenvalue weighted by Crippen LogP contribution is -2.29. The molecule has 1 aromatic rings. The lowest BCUT2D eigenvalue weighted by Gasteiger charge is -2.24. The van der Waals surface area contributed by atoms with Gasteiger partial charge in [0.15, 0.2) is 0 Å². The average Bonchev–Trinajstić information content (AvgIpc) is 2.43. The molecule has 0 amide bonds. The number of methoxy groups -OCH3 is 1. The molecule has 1 unspecified atom stereocenters. The van der Waals surface area contributed by atoms with Crippen LogP contribution >= 0.6 is 0 Å². The maximum atomic E-state index is 10.3. The maximum absolute atomic E-state index is 10.3. The van der Waals surface area contributed by atoms with Gasteiger partial charge in [0.1, 0.15) is 5.75 Å². The Balaban J connectivity index is 2.65. The molecule has 1 rings (SSSR count). The smallest absolute Gasteiger partial charge is 0.121 e. The minimum Gasteiger partial charge on any atom is -0.496 e. The van der Waals surface area contributed by atoms with E-state index in [4.69, 9.17) is 4.74 Å². The van der Waals surface area contributed by atoms with Gasteiger partial charge in [-0.1, -0.05) is 26.3 Å². The Hall–Kier alpha value is -1.06. The highest BCUT2D eigenvalue weighted by atomic mass is 16.5. The van der Waals surface area contributed by atoms with Crippen molar-refractivity contribution in [1.29, 1.82) is 0 Å². The monoisotopic (exact) mass is 265 g/mol. The summed E-state index contributed by atoms with van der Waals surface area (Å²) >= 11 is 0. The number of likely N-dealkylation sites (N-methyl/N-ethyl adjacent to an activating group) is 1. The molecule has 0 heterocycles. The molecule has 0 aromatic heterocycles. The van der Waals surface area contributed by atoms with Crippen LogP contribution in [0.2, 0.25) is 0 Å². The van der Waals surface area contributed by atoms with Crippen LogP contribution in [0, 0.1) is 6.92 Å². The van der Waals surface area contributed by atoms with Gasteiger partial charge >= 0.3 is 0 Å². The molecular weight excluding hydrogens is 238 g/mol. The van der Waals surface area contributed by atoms with Gasteiger partial charge in [0.25, 0.3) is 0 Å². The third-order valence-electron chi connectivity index (χ3n) is 3.51. The Morgan fingerprint density at radius 1 is 1.32 bits per heavy atom. The Labute approximate surface area is 117 Å². The van der Waals surface area contributed by atoms with E-state index in [0.717, 1.165) is 30.0 Å². The highest BCUT2D eigenvalue weighted by Crippen LogP contribution is 2.23. The lowest BCUT2D eigenvalue weighted by atomic mass is 10.1. The predicted molar refractivity (Wildman–Crippen MR) is 79.7 cm³/mol. The van der Waals surface area contributed by atoms with Crippen LogP contribution in [0.4, 0.5) is 0 Å². The Morgan fingerprint density at radius 2 is 2.05 bits per heavy atom. The highest BCUT2D eigenvalue weighted by molar-refractivity contribution is 5.37. The van der Waals surface area contributed by atoms with E-state index < -0.39 is 6.10 Å². The normalized spacial score (nSPS) is 12.7. The molecule has 108 valence electrons. The second kappa shape index (κ2) is 8.18. The van der Waals surface area contributed by atoms with Gasteiger partial charge in [0.05, 0.1) is 13.2 Å². The van der Waals surface area contributed by atoms with Crippen LogP contribution in [0.3, 0.4) is 0 Å². The topological polar surface area (TPSA) is 32.7 Å². The molecule has 3 heteroatoms. The average molecular weight is 265 g/mol. The Morgan fingerprint density at radius 3 is 2.58 bits per heavy atom. The molecule has 0 saturated heterocycles. The van der Waals surface area contributed by atoms with E-state index in [0.29, 0.717) is 6.54 Å². The van der Waals surface area contributed by atoms with Crippen LogP contribution in [-0.4, -0.2) is 36.8 Å². The molecule has 1 atom stereocenters. The largest absolute Gasteiger partial charge is 0.496 e. The first-order valence-corrected chi connectivity index (χ1v) is 7.17. The summed E-state index contributed by atoms with van der Waals surface area (Å²) in [6.45, 7) is 9.07. The van der Waals surface area contributed by atoms with E-state index in [2.05, 4.69) is 18.7 Å². The molecule has 1 aromatic carbocycles. The zero-order valence-electron chi connectivity index (χ0n) is 12.6. The number of aliphatic hydroxyl groups excluding tert-OH is 1. The maximum Gasteiger partial charge on any atom is 0.121 e. The fourth-order valence-electron chi connectivity index (χ4n) is 2.22. The Kier molecular flexibility index (Phi) is 6.89. The molecule has 0 fully saturated rings. The summed E-state index contributed by atoms with van der Waals surface area (Å²) in [6, 6.07) is 5.89. The predicted octanol–water partition coefficient (Wildman–Crippen LogP) is 3.16. The molecule has 0 bridgehead atoms. The van der Waals surface area contributed by atoms with Crippen molar-refractivity contribution in [3.63, 3.8) is 0 Å². The molecule has 0 aliphatic heterocycles. The standard InChI is InChI=1S/C16H27NO2/c1-5-7-10-17(6-2)12-15(18)14-8-9-16(19-4)13(3)11-14/h8-9,11,15,18H,5-7,10,12H2,1-4H3. The number of nitrogens with zero attached hydrogens (tertiary/aromatic N) is 1. The van der Waals surface area contributed by atoms with Gasteiger partial charge in [-0.3, -0.25) is 0 Å². The van der Waals surface area contributed by atoms with Gasteiger partial charge in [-0.25, -0.2) is 0 Å². The van der Waals surface area contributed by atoms with Crippen LogP contribution in [0.15, 0.2) is 18.2 Å². The molecule has 0 aliphatic carbocycles. The first-order valence-electron chi connectivity index (χ1n) is 7.17. The molecule has 1 N–H and O–H groups in total. The number of hydrogen-bond acceptors (Lipinski definition) is 3. The molecular formula is C16H27NO2. The van der Waals surface area contributed by atoms with Crippen molar-refractivity contribution in [2.24, 2.45) is 0 Å². The van der Waals surface area contributed by atoms with E-state index in [1.54, 1.807) is 7.11 Å². The van der Waals surface area contributed by atoms with Gasteiger partial charge < -0.3 is 14.7 Å². The summed E-state index contributed by atoms with van der Waals surface area (Å²) in [6.07, 6.45) is 1.94. The van der Waals surface area contributed by atoms with Crippen molar-refractivity contribution < 1.29 is 9.84 Å². The van der Waals surface area contributed by atoms with Crippen LogP contribution in [0.1, 0.15) is 43.9 Å². The van der Waals surface area contributed by atoms with Crippen LogP contribution in [0.25, 0.3) is 0 Å². The number of benzene rings is 1. The van der Waals surface area contributed by atoms with Crippen LogP contribution < -0.4 is 4.74 Å². The highest BCUT2D eigenvalue weighted by Gasteiger charge is 2.13. The summed E-state index contributed by atoms with van der Waals surface area (Å²) in [5, 5.41) is 10.3. The lowest BCUT2D eigenvalue weighted by molar-refractivity contribution is 0.115. The van der Waals surface area contributed by atoms with Crippen LogP contribution in [0.5, 0.6) is 5.75 Å². The third kappa shape index (κ3) is 4.84. The van der Waals surface area contributed by atoms with E-state index in [1.165, 1.54) is 12.8 Å². The van der Waals surface area contributed by atoms with Gasteiger partial charge in [0, 0.05) is 6.54 Å². The van der Waals surface area contributed by atoms with Crippen LogP contribution in [-0.2, 0) is 0 Å². The van der Waals surface area contributed by atoms with Crippen molar-refractivity contribution in [2.45, 2.75) is 39.7 Å². The number of unbranched alkanes of at least 4 members (excludes halogenated alkanes) is 1. The van der Waals surface area contributed by atoms with Crippen molar-refractivity contribution in [2.75, 3.05) is 26.7 Å². The second-order valence-corrected chi connectivity index (χ2v) is 4.99. The first-order chi connectivity index (χ1) is 9.12. The first kappa shape index (κ1) is 16.0. The fraction of sp³-hybridized carbons (Fsp3) is 0.625. The van der Waals surface area contributed by atoms with Gasteiger partial charge in [-0.15, -0.1) is 0 Å². The summed E-state index contributed by atoms with van der Waals surface area (Å²) in [4.78, 5) is 2.30. The Bertz CT molecular complexity index is 379. The molecule has 19 heavy (non-hydrogen) atoms. The summed E-state index contributed by atoms with van der Waals surface area (Å²) in [5.41, 5.74) is 2.03. The van der Waals surface area contributed by atoms with E-state index in [9.17, 15) is 5.11 Å². The van der Waals surface area contributed by atoms with Crippen molar-refractivity contribution in [3.8, 4) is 5.75 Å². The van der Waals surface area contributed by atoms with Crippen molar-refractivity contribution in [1.82, 2.24) is 4.90 Å². The van der Waals surface area contributed by atoms with Gasteiger partial charge in [-0.2, -0.15) is 0 Å². The zero-order valence-corrected chi connectivity index (χ0v) is 12.6. The molecule has 0 spiro atoms. The molecule has 0 saturated carbocycles. The summed E-state index contributed by atoms with van der Waals surface area (Å²) in [5.74, 6) is 0.870. The van der Waals surface area contributed by atoms with E-state index in [-0.39, 0.29) is 0 Å². The number of rotatable bonds is 8. The van der Waals surface area contributed by atoms with Gasteiger partial charge in [-0.05, 0) is 49.7 Å². The van der Waals surface area contributed by atoms with E-state index in [1.807, 2.05) is 25.1 Å². The molecule has 3 nitrogen and oxygen atoms in total. The second-order valence-electron chi connectivity index (χ2n) is 4.99.